The summed E-state index contributed by atoms with van der Waals surface area (Å²) in [6, 6.07) is 8.17. The molecule has 1 aliphatic carbocycles. The van der Waals surface area contributed by atoms with E-state index >= 15 is 0 Å². The lowest BCUT2D eigenvalue weighted by atomic mass is 10.0. The van der Waals surface area contributed by atoms with Crippen LogP contribution < -0.4 is 10.1 Å². The van der Waals surface area contributed by atoms with E-state index in [0.29, 0.717) is 12.8 Å². The number of esters is 2. The van der Waals surface area contributed by atoms with Gasteiger partial charge in [-0.25, -0.2) is 4.79 Å². The van der Waals surface area contributed by atoms with Gasteiger partial charge in [0.05, 0.1) is 12.9 Å². The van der Waals surface area contributed by atoms with Gasteiger partial charge in [-0.05, 0) is 45.7 Å². The molecule has 1 aromatic carbocycles. The number of thioether (sulfide) groups is 1. The van der Waals surface area contributed by atoms with E-state index in [4.69, 9.17) is 14.2 Å². The topological polar surface area (TPSA) is 149 Å². The maximum Gasteiger partial charge on any atom is 0.357 e. The van der Waals surface area contributed by atoms with Gasteiger partial charge in [-0.3, -0.25) is 24.1 Å². The molecule has 196 valence electrons. The highest BCUT2D eigenvalue weighted by atomic mass is 32.2. The van der Waals surface area contributed by atoms with E-state index in [1.54, 1.807) is 51.1 Å². The lowest BCUT2D eigenvalue weighted by Gasteiger charge is -2.54. The number of amides is 2. The van der Waals surface area contributed by atoms with Crippen molar-refractivity contribution in [2.75, 3.05) is 12.9 Å². The summed E-state index contributed by atoms with van der Waals surface area (Å²) in [6.45, 7) is 5.98. The summed E-state index contributed by atoms with van der Waals surface area (Å²) < 4.78 is 15.9. The zero-order chi connectivity index (χ0) is 26.9. The predicted molar refractivity (Wildman–Crippen MR) is 127 cm³/mol. The average molecular weight is 523 g/mol. The molecule has 3 rings (SSSR count). The molecule has 1 saturated heterocycles. The molecule has 1 saturated carbocycles. The normalized spacial score (nSPS) is 23.1. The van der Waals surface area contributed by atoms with Crippen LogP contribution in [0.25, 0.3) is 0 Å². The van der Waals surface area contributed by atoms with E-state index < -0.39 is 57.9 Å². The summed E-state index contributed by atoms with van der Waals surface area (Å²) in [6.07, 6.45) is -1.35. The number of nitrogens with one attached hydrogen (secondary N) is 1. The molecular weight excluding hydrogens is 492 g/mol. The molecular formula is C24H30N2O9S. The van der Waals surface area contributed by atoms with E-state index in [2.05, 4.69) is 5.32 Å². The van der Waals surface area contributed by atoms with Crippen LogP contribution in [0.2, 0.25) is 0 Å². The minimum Gasteiger partial charge on any atom is -0.468 e. The fourth-order valence-electron chi connectivity index (χ4n) is 3.82. The Bertz CT molecular complexity index is 1050. The number of ketones is 1. The fourth-order valence-corrected chi connectivity index (χ4v) is 5.22. The number of aliphatic hydroxyl groups excluding tert-OH is 1. The third-order valence-corrected chi connectivity index (χ3v) is 6.95. The number of β-lactam (4-membered cyclic amide) rings is 1. The van der Waals surface area contributed by atoms with Crippen LogP contribution in [-0.4, -0.2) is 75.3 Å². The van der Waals surface area contributed by atoms with Gasteiger partial charge in [-0.15, -0.1) is 11.8 Å². The van der Waals surface area contributed by atoms with Crippen molar-refractivity contribution in [1.82, 2.24) is 10.2 Å². The second-order valence-corrected chi connectivity index (χ2v) is 10.7. The van der Waals surface area contributed by atoms with E-state index in [0.717, 1.165) is 16.7 Å². The Labute approximate surface area is 212 Å². The number of carbonyl (C=O) groups is 5. The van der Waals surface area contributed by atoms with Gasteiger partial charge in [0.25, 0.3) is 11.6 Å². The first-order valence-electron chi connectivity index (χ1n) is 11.3. The van der Waals surface area contributed by atoms with Gasteiger partial charge < -0.3 is 24.6 Å². The van der Waals surface area contributed by atoms with Crippen LogP contribution in [0.5, 0.6) is 5.75 Å². The molecule has 2 amide bonds. The number of methoxy groups -OCH3 is 1. The van der Waals surface area contributed by atoms with Crippen LogP contribution >= 0.6 is 11.8 Å². The number of likely N-dealkylation sites (tertiary alicyclic amines) is 1. The highest BCUT2D eigenvalue weighted by Crippen LogP contribution is 2.49. The molecule has 0 spiro atoms. The second kappa shape index (κ2) is 10.1. The maximum absolute atomic E-state index is 13.4. The van der Waals surface area contributed by atoms with E-state index in [-0.39, 0.29) is 11.5 Å². The third-order valence-electron chi connectivity index (χ3n) is 5.65. The highest BCUT2D eigenvalue weighted by molar-refractivity contribution is 8.00. The number of Topliss-reactive ketones (excluding diaryl/α,β-unsaturated/α-hetero) is 1. The summed E-state index contributed by atoms with van der Waals surface area (Å²) in [5.74, 6) is -3.72. The van der Waals surface area contributed by atoms with Crippen LogP contribution in [0.15, 0.2) is 30.3 Å². The number of rotatable bonds is 10. The van der Waals surface area contributed by atoms with Crippen molar-refractivity contribution in [1.29, 1.82) is 0 Å². The molecule has 1 heterocycles. The maximum atomic E-state index is 13.4. The molecule has 12 heteroatoms. The minimum absolute atomic E-state index is 0.233. The number of nitrogens with zero attached hydrogens (tertiary/aromatic N) is 1. The molecule has 1 unspecified atom stereocenters. The smallest absolute Gasteiger partial charge is 0.357 e. The van der Waals surface area contributed by atoms with Crippen LogP contribution in [0.3, 0.4) is 0 Å². The zero-order valence-electron chi connectivity index (χ0n) is 20.7. The quantitative estimate of drug-likeness (QED) is 0.197. The molecule has 3 atom stereocenters. The number of para-hydroxylation sites is 1. The SMILES string of the molecule is COC(=O)C1(C(=O)CS[C@H]2N(C(O)C(=O)OC(C)(C)C)C(=O)[C@@]2(NC(C)=O)Oc2ccccc2)CC1. The Balaban J connectivity index is 1.92. The second-order valence-electron chi connectivity index (χ2n) is 9.61. The van der Waals surface area contributed by atoms with Crippen molar-refractivity contribution in [2.24, 2.45) is 5.41 Å². The van der Waals surface area contributed by atoms with Gasteiger partial charge in [0.1, 0.15) is 16.8 Å². The van der Waals surface area contributed by atoms with Crippen LogP contribution in [0, 0.1) is 5.41 Å². The van der Waals surface area contributed by atoms with Crippen molar-refractivity contribution >= 4 is 41.3 Å². The van der Waals surface area contributed by atoms with Gasteiger partial charge in [0.2, 0.25) is 12.1 Å². The molecule has 2 N–H and O–H groups in total. The first-order chi connectivity index (χ1) is 16.8. The van der Waals surface area contributed by atoms with Crippen molar-refractivity contribution in [3.63, 3.8) is 0 Å². The molecule has 2 aliphatic rings. The number of benzene rings is 1. The molecule has 0 bridgehead atoms. The number of carbonyl (C=O) groups excluding carboxylic acids is 5. The molecule has 0 aromatic heterocycles. The standard InChI is InChI=1S/C24H30N2O9S/c1-14(27)25-24(34-15-9-7-6-8-10-15)19(31)26(17(29)18(30)35-22(2,3)4)20(24)36-13-16(28)23(11-12-23)21(32)33-5/h6-10,17,20,29H,11-13H2,1-5H3,(H,25,27)/t17?,20-,24-/m1/s1. The first-order valence-corrected chi connectivity index (χ1v) is 12.3. The number of aliphatic hydroxyl groups is 1. The van der Waals surface area contributed by atoms with Crippen molar-refractivity contribution in [2.45, 2.75) is 63.5 Å². The molecule has 1 aromatic rings. The summed E-state index contributed by atoms with van der Waals surface area (Å²) in [5.41, 5.74) is -4.22. The van der Waals surface area contributed by atoms with Gasteiger partial charge in [-0.2, -0.15) is 0 Å². The Kier molecular flexibility index (Phi) is 7.70. The molecule has 36 heavy (non-hydrogen) atoms. The Morgan fingerprint density at radius 3 is 2.31 bits per heavy atom. The molecule has 1 aliphatic heterocycles. The summed E-state index contributed by atoms with van der Waals surface area (Å²) in [7, 11) is 1.20. The Hall–Kier alpha value is -3.12. The zero-order valence-corrected chi connectivity index (χ0v) is 21.5. The van der Waals surface area contributed by atoms with Gasteiger partial charge in [0.15, 0.2) is 11.2 Å². The summed E-state index contributed by atoms with van der Waals surface area (Å²) in [5, 5.41) is 12.0. The predicted octanol–water partition coefficient (Wildman–Crippen LogP) is 0.982. The fraction of sp³-hybridized carbons (Fsp3) is 0.542. The molecule has 11 nitrogen and oxygen atoms in total. The van der Waals surface area contributed by atoms with Gasteiger partial charge >= 0.3 is 11.9 Å². The lowest BCUT2D eigenvalue weighted by molar-refractivity contribution is -0.212. The molecule has 2 fully saturated rings. The summed E-state index contributed by atoms with van der Waals surface area (Å²) >= 11 is 0.850. The van der Waals surface area contributed by atoms with Crippen molar-refractivity contribution < 1.29 is 43.3 Å². The Morgan fingerprint density at radius 1 is 1.19 bits per heavy atom. The van der Waals surface area contributed by atoms with E-state index in [9.17, 15) is 29.1 Å². The van der Waals surface area contributed by atoms with Gasteiger partial charge in [0, 0.05) is 6.92 Å². The number of hydrogen-bond donors (Lipinski definition) is 2. The first kappa shape index (κ1) is 27.5. The van der Waals surface area contributed by atoms with Crippen LogP contribution in [0.1, 0.15) is 40.5 Å². The minimum atomic E-state index is -2.03. The Morgan fingerprint density at radius 2 is 1.81 bits per heavy atom. The number of hydrogen-bond acceptors (Lipinski definition) is 10. The molecule has 0 radical (unpaired) electrons. The average Bonchev–Trinajstić information content (AvgIpc) is 3.61. The van der Waals surface area contributed by atoms with E-state index in [1.165, 1.54) is 14.0 Å². The van der Waals surface area contributed by atoms with Crippen molar-refractivity contribution in [3.05, 3.63) is 30.3 Å². The van der Waals surface area contributed by atoms with E-state index in [1.807, 2.05) is 0 Å². The number of ether oxygens (including phenoxy) is 3. The van der Waals surface area contributed by atoms with Crippen molar-refractivity contribution in [3.8, 4) is 5.75 Å². The van der Waals surface area contributed by atoms with Crippen LogP contribution in [0.4, 0.5) is 0 Å². The highest BCUT2D eigenvalue weighted by Gasteiger charge is 2.68. The summed E-state index contributed by atoms with van der Waals surface area (Å²) in [4.78, 5) is 64.0. The monoisotopic (exact) mass is 522 g/mol. The lowest BCUT2D eigenvalue weighted by Crippen LogP contribution is -2.83. The van der Waals surface area contributed by atoms with Gasteiger partial charge in [-0.1, -0.05) is 18.2 Å². The largest absolute Gasteiger partial charge is 0.468 e. The third kappa shape index (κ3) is 5.34. The van der Waals surface area contributed by atoms with Crippen LogP contribution in [-0.2, 0) is 33.4 Å².